The molecule has 1 aromatic carbocycles. The highest BCUT2D eigenvalue weighted by Gasteiger charge is 2.23. The maximum Gasteiger partial charge on any atom is 0.305 e. The molecule has 2 heterocycles. The topological polar surface area (TPSA) is 150 Å². The molecule has 9 nitrogen and oxygen atoms in total. The lowest BCUT2D eigenvalue weighted by Gasteiger charge is -2.20. The van der Waals surface area contributed by atoms with Gasteiger partial charge >= 0.3 is 5.97 Å². The Balaban J connectivity index is 1.75. The van der Waals surface area contributed by atoms with Crippen LogP contribution in [-0.2, 0) is 22.4 Å². The van der Waals surface area contributed by atoms with Crippen molar-refractivity contribution in [1.29, 1.82) is 0 Å². The van der Waals surface area contributed by atoms with Gasteiger partial charge in [0.1, 0.15) is 5.82 Å². The van der Waals surface area contributed by atoms with E-state index in [-0.39, 0.29) is 11.3 Å². The number of nitrogens with one attached hydrogen (secondary N) is 2. The number of carboxylic acid groups (broad SMARTS) is 1. The molecule has 11 heteroatoms. The number of anilines is 1. The Morgan fingerprint density at radius 2 is 2.00 bits per heavy atom. The van der Waals surface area contributed by atoms with Crippen molar-refractivity contribution < 1.29 is 19.8 Å². The van der Waals surface area contributed by atoms with E-state index < -0.39 is 30.9 Å². The summed E-state index contributed by atoms with van der Waals surface area (Å²) < 4.78 is 0. The molecule has 1 atom stereocenters. The quantitative estimate of drug-likeness (QED) is 0.232. The number of nitrogens with zero attached hydrogens (tertiary/aromatic N) is 2. The number of aliphatic carboxylic acids is 1. The summed E-state index contributed by atoms with van der Waals surface area (Å²) in [6.07, 6.45) is 3.21. The van der Waals surface area contributed by atoms with Gasteiger partial charge in [-0.25, -0.2) is 4.98 Å². The number of benzene rings is 1. The molecular formula is C25H29Cl2N5O4. The summed E-state index contributed by atoms with van der Waals surface area (Å²) in [4.78, 5) is 33.5. The van der Waals surface area contributed by atoms with Crippen LogP contribution in [0.25, 0.3) is 0 Å². The van der Waals surface area contributed by atoms with Gasteiger partial charge in [-0.2, -0.15) is 0 Å². The van der Waals surface area contributed by atoms with E-state index in [0.29, 0.717) is 28.6 Å². The van der Waals surface area contributed by atoms with Crippen molar-refractivity contribution in [1.82, 2.24) is 10.3 Å². The van der Waals surface area contributed by atoms with E-state index in [4.69, 9.17) is 28.9 Å². The van der Waals surface area contributed by atoms with Crippen molar-refractivity contribution in [2.45, 2.75) is 38.6 Å². The number of carboxylic acids is 1. The SMILES string of the molecule is Cc1nc2c(cc1CCN=C(CO)C(=CN)C(=O)NC(CC(=O)O)c1cc(Cl)cc(Cl)c1)CCCN2. The van der Waals surface area contributed by atoms with E-state index in [1.807, 2.05) is 6.92 Å². The molecule has 0 aliphatic carbocycles. The first kappa shape index (κ1) is 27.4. The van der Waals surface area contributed by atoms with Gasteiger partial charge in [-0.15, -0.1) is 0 Å². The highest BCUT2D eigenvalue weighted by atomic mass is 35.5. The second-order valence-corrected chi connectivity index (χ2v) is 9.29. The lowest BCUT2D eigenvalue weighted by molar-refractivity contribution is -0.137. The van der Waals surface area contributed by atoms with Crippen molar-refractivity contribution in [3.63, 3.8) is 0 Å². The number of amides is 1. The molecule has 3 rings (SSSR count). The molecule has 0 radical (unpaired) electrons. The number of aliphatic hydroxyl groups is 1. The summed E-state index contributed by atoms with van der Waals surface area (Å²) in [6, 6.07) is 5.75. The fourth-order valence-electron chi connectivity index (χ4n) is 4.05. The molecular weight excluding hydrogens is 505 g/mol. The molecule has 0 saturated carbocycles. The fraction of sp³-hybridized carbons (Fsp3) is 0.360. The minimum Gasteiger partial charge on any atom is -0.481 e. The average molecular weight is 534 g/mol. The second kappa shape index (κ2) is 12.7. The van der Waals surface area contributed by atoms with Crippen LogP contribution in [0, 0.1) is 6.92 Å². The zero-order valence-electron chi connectivity index (χ0n) is 19.9. The molecule has 0 bridgehead atoms. The molecule has 0 saturated heterocycles. The Labute approximate surface area is 219 Å². The predicted molar refractivity (Wildman–Crippen MR) is 141 cm³/mol. The Morgan fingerprint density at radius 1 is 1.28 bits per heavy atom. The zero-order valence-corrected chi connectivity index (χ0v) is 21.4. The first-order chi connectivity index (χ1) is 17.2. The van der Waals surface area contributed by atoms with E-state index in [1.165, 1.54) is 23.8 Å². The highest BCUT2D eigenvalue weighted by molar-refractivity contribution is 6.34. The molecule has 0 fully saturated rings. The number of halogens is 2. The van der Waals surface area contributed by atoms with Crippen molar-refractivity contribution in [3.05, 3.63) is 68.5 Å². The summed E-state index contributed by atoms with van der Waals surface area (Å²) in [6.45, 7) is 2.63. The van der Waals surface area contributed by atoms with Crippen LogP contribution in [0.5, 0.6) is 0 Å². The predicted octanol–water partition coefficient (Wildman–Crippen LogP) is 3.21. The van der Waals surface area contributed by atoms with Gasteiger partial charge in [0, 0.05) is 35.0 Å². The number of hydrogen-bond donors (Lipinski definition) is 5. The van der Waals surface area contributed by atoms with Crippen molar-refractivity contribution in [2.24, 2.45) is 10.7 Å². The van der Waals surface area contributed by atoms with E-state index in [1.54, 1.807) is 0 Å². The Kier molecular flexibility index (Phi) is 9.69. The zero-order chi connectivity index (χ0) is 26.2. The number of carbonyl (C=O) groups is 2. The van der Waals surface area contributed by atoms with Gasteiger partial charge in [0.15, 0.2) is 0 Å². The number of rotatable bonds is 10. The largest absolute Gasteiger partial charge is 0.481 e. The first-order valence-corrected chi connectivity index (χ1v) is 12.3. The number of carbonyl (C=O) groups excluding carboxylic acids is 1. The number of aliphatic hydroxyl groups excluding tert-OH is 1. The third kappa shape index (κ3) is 7.19. The van der Waals surface area contributed by atoms with Crippen LogP contribution in [0.15, 0.2) is 41.0 Å². The summed E-state index contributed by atoms with van der Waals surface area (Å²) in [5, 5.41) is 25.8. The van der Waals surface area contributed by atoms with Crippen molar-refractivity contribution in [2.75, 3.05) is 25.0 Å². The molecule has 0 spiro atoms. The van der Waals surface area contributed by atoms with Crippen molar-refractivity contribution >= 4 is 46.6 Å². The van der Waals surface area contributed by atoms with E-state index in [2.05, 4.69) is 26.7 Å². The van der Waals surface area contributed by atoms with E-state index in [9.17, 15) is 19.8 Å². The summed E-state index contributed by atoms with van der Waals surface area (Å²) >= 11 is 12.1. The number of fused-ring (bicyclic) bond motifs is 1. The molecule has 1 amide bonds. The third-order valence-corrected chi connectivity index (χ3v) is 6.28. The van der Waals surface area contributed by atoms with E-state index in [0.717, 1.165) is 42.7 Å². The number of aliphatic imine (C=N–C) groups is 1. The van der Waals surface area contributed by atoms with E-state index >= 15 is 0 Å². The molecule has 6 N–H and O–H groups in total. The van der Waals surface area contributed by atoms with Crippen LogP contribution in [0.1, 0.15) is 41.3 Å². The number of aromatic nitrogens is 1. The molecule has 36 heavy (non-hydrogen) atoms. The summed E-state index contributed by atoms with van der Waals surface area (Å²) in [5.41, 5.74) is 9.28. The van der Waals surface area contributed by atoms with Gasteiger partial charge < -0.3 is 26.6 Å². The Morgan fingerprint density at radius 3 is 2.64 bits per heavy atom. The van der Waals surface area contributed by atoms with Crippen LogP contribution in [-0.4, -0.2) is 52.5 Å². The van der Waals surface area contributed by atoms with Gasteiger partial charge in [0.25, 0.3) is 5.91 Å². The minimum absolute atomic E-state index is 0.0505. The van der Waals surface area contributed by atoms with Crippen molar-refractivity contribution in [3.8, 4) is 0 Å². The van der Waals surface area contributed by atoms with Crippen LogP contribution in [0.3, 0.4) is 0 Å². The number of hydrogen-bond acceptors (Lipinski definition) is 7. The third-order valence-electron chi connectivity index (χ3n) is 5.84. The minimum atomic E-state index is -1.13. The van der Waals surface area contributed by atoms with Crippen LogP contribution in [0.2, 0.25) is 10.0 Å². The average Bonchev–Trinajstić information content (AvgIpc) is 2.82. The molecule has 192 valence electrons. The standard InChI is InChI=1S/C25H29Cl2N5O4/c1-14-15(7-16-3-2-5-30-24(16)31-14)4-6-29-22(13-33)20(12-28)25(36)32-21(11-23(34)35)17-8-18(26)10-19(27)9-17/h7-10,12,21,33H,2-6,11,13,28H2,1H3,(H,30,31)(H,32,36)(H,34,35). The fourth-order valence-corrected chi connectivity index (χ4v) is 4.59. The summed E-state index contributed by atoms with van der Waals surface area (Å²) in [7, 11) is 0. The van der Waals surface area contributed by atoms with Gasteiger partial charge in [-0.05, 0) is 61.1 Å². The van der Waals surface area contributed by atoms with Gasteiger partial charge in [0.2, 0.25) is 0 Å². The molecule has 1 unspecified atom stereocenters. The lowest BCUT2D eigenvalue weighted by Crippen LogP contribution is -2.34. The van der Waals surface area contributed by atoms with Crippen LogP contribution in [0.4, 0.5) is 5.82 Å². The lowest BCUT2D eigenvalue weighted by atomic mass is 10.0. The smallest absolute Gasteiger partial charge is 0.305 e. The maximum absolute atomic E-state index is 13.0. The number of pyridine rings is 1. The van der Waals surface area contributed by atoms with Crippen LogP contribution < -0.4 is 16.4 Å². The monoisotopic (exact) mass is 533 g/mol. The molecule has 1 aromatic heterocycles. The molecule has 1 aliphatic heterocycles. The first-order valence-electron chi connectivity index (χ1n) is 11.5. The Bertz CT molecular complexity index is 1180. The van der Waals surface area contributed by atoms with Crippen LogP contribution >= 0.6 is 23.2 Å². The molecule has 1 aliphatic rings. The molecule has 2 aromatic rings. The second-order valence-electron chi connectivity index (χ2n) is 8.41. The number of aryl methyl sites for hydroxylation is 2. The Hall–Kier alpha value is -3.14. The van der Waals surface area contributed by atoms with Gasteiger partial charge in [0.05, 0.1) is 30.4 Å². The normalized spacial score (nSPS) is 14.6. The van der Waals surface area contributed by atoms with Gasteiger partial charge in [-0.1, -0.05) is 29.3 Å². The highest BCUT2D eigenvalue weighted by Crippen LogP contribution is 2.26. The summed E-state index contributed by atoms with van der Waals surface area (Å²) in [5.74, 6) is -0.885. The number of nitrogens with two attached hydrogens (primary N) is 1. The van der Waals surface area contributed by atoms with Gasteiger partial charge in [-0.3, -0.25) is 14.6 Å². The maximum atomic E-state index is 13.0.